The fraction of sp³-hybridized carbons (Fsp3) is 0.619. The van der Waals surface area contributed by atoms with Gasteiger partial charge in [-0.05, 0) is 56.7 Å². The van der Waals surface area contributed by atoms with Crippen LogP contribution in [-0.4, -0.2) is 42.1 Å². The Morgan fingerprint density at radius 2 is 1.75 bits per heavy atom. The number of amides is 1. The first-order valence-corrected chi connectivity index (χ1v) is 9.49. The van der Waals surface area contributed by atoms with E-state index in [1.807, 2.05) is 0 Å². The van der Waals surface area contributed by atoms with Gasteiger partial charge in [0.2, 0.25) is 5.92 Å². The highest BCUT2D eigenvalue weighted by atomic mass is 19.3. The van der Waals surface area contributed by atoms with E-state index in [9.17, 15) is 18.4 Å². The molecule has 1 aromatic carbocycles. The SMILES string of the molecule is COC(=O)c1ccc(C2CC3(CCN2C(=O)OC(C)(C)C)CC(F)(F)C3)cc1. The van der Waals surface area contributed by atoms with Crippen molar-refractivity contribution >= 4 is 12.1 Å². The number of piperidine rings is 1. The molecule has 28 heavy (non-hydrogen) atoms. The van der Waals surface area contributed by atoms with Crippen molar-refractivity contribution in [2.24, 2.45) is 5.41 Å². The molecule has 0 bridgehead atoms. The number of hydrogen-bond donors (Lipinski definition) is 0. The monoisotopic (exact) mass is 395 g/mol. The fourth-order valence-corrected chi connectivity index (χ4v) is 4.30. The molecule has 7 heteroatoms. The maximum absolute atomic E-state index is 13.6. The minimum Gasteiger partial charge on any atom is -0.465 e. The van der Waals surface area contributed by atoms with Crippen LogP contribution in [0.2, 0.25) is 0 Å². The molecule has 0 aromatic heterocycles. The van der Waals surface area contributed by atoms with Gasteiger partial charge in [-0.25, -0.2) is 18.4 Å². The normalized spacial score (nSPS) is 23.1. The first kappa shape index (κ1) is 20.6. The summed E-state index contributed by atoms with van der Waals surface area (Å²) in [4.78, 5) is 26.0. The zero-order valence-electron chi connectivity index (χ0n) is 16.8. The first-order chi connectivity index (χ1) is 12.9. The minimum absolute atomic E-state index is 0.140. The third kappa shape index (κ3) is 4.28. The molecule has 1 aliphatic heterocycles. The van der Waals surface area contributed by atoms with Gasteiger partial charge in [0.1, 0.15) is 5.60 Å². The maximum Gasteiger partial charge on any atom is 0.410 e. The van der Waals surface area contributed by atoms with Crippen LogP contribution in [0.15, 0.2) is 24.3 Å². The van der Waals surface area contributed by atoms with Crippen LogP contribution >= 0.6 is 0 Å². The number of hydrogen-bond acceptors (Lipinski definition) is 4. The highest BCUT2D eigenvalue weighted by molar-refractivity contribution is 5.89. The molecule has 2 fully saturated rings. The number of halogens is 2. The van der Waals surface area contributed by atoms with Gasteiger partial charge in [0.25, 0.3) is 0 Å². The Labute approximate surface area is 164 Å². The highest BCUT2D eigenvalue weighted by Crippen LogP contribution is 2.60. The molecular weight excluding hydrogens is 368 g/mol. The van der Waals surface area contributed by atoms with Gasteiger partial charge < -0.3 is 14.4 Å². The Hall–Kier alpha value is -2.18. The molecule has 1 atom stereocenters. The van der Waals surface area contributed by atoms with Crippen LogP contribution in [0.5, 0.6) is 0 Å². The van der Waals surface area contributed by atoms with Crippen molar-refractivity contribution in [3.8, 4) is 0 Å². The molecule has 1 saturated carbocycles. The lowest BCUT2D eigenvalue weighted by molar-refractivity contribution is -0.183. The quantitative estimate of drug-likeness (QED) is 0.664. The highest BCUT2D eigenvalue weighted by Gasteiger charge is 2.59. The standard InChI is InChI=1S/C21H27F2NO4/c1-19(2,3)28-18(26)24-10-9-20(12-21(22,23)13-20)11-16(24)14-5-7-15(8-6-14)17(25)27-4/h5-8,16H,9-13H2,1-4H3. The van der Waals surface area contributed by atoms with Crippen molar-refractivity contribution in [2.75, 3.05) is 13.7 Å². The van der Waals surface area contributed by atoms with Crippen LogP contribution < -0.4 is 0 Å². The number of likely N-dealkylation sites (tertiary alicyclic amines) is 1. The van der Waals surface area contributed by atoms with Gasteiger partial charge in [-0.3, -0.25) is 0 Å². The molecular formula is C21H27F2NO4. The van der Waals surface area contributed by atoms with Crippen molar-refractivity contribution in [3.05, 3.63) is 35.4 Å². The van der Waals surface area contributed by atoms with Gasteiger partial charge in [0.15, 0.2) is 0 Å². The number of ether oxygens (including phenoxy) is 2. The third-order valence-corrected chi connectivity index (χ3v) is 5.50. The molecule has 1 amide bonds. The van der Waals surface area contributed by atoms with E-state index in [1.54, 1.807) is 49.9 Å². The number of benzene rings is 1. The maximum atomic E-state index is 13.6. The Morgan fingerprint density at radius 1 is 1.14 bits per heavy atom. The van der Waals surface area contributed by atoms with Crippen molar-refractivity contribution < 1.29 is 27.8 Å². The molecule has 1 aliphatic carbocycles. The summed E-state index contributed by atoms with van der Waals surface area (Å²) in [7, 11) is 1.31. The lowest BCUT2D eigenvalue weighted by atomic mass is 9.59. The van der Waals surface area contributed by atoms with Crippen LogP contribution in [0.4, 0.5) is 13.6 Å². The summed E-state index contributed by atoms with van der Waals surface area (Å²) in [5, 5.41) is 0. The van der Waals surface area contributed by atoms with Crippen LogP contribution in [-0.2, 0) is 9.47 Å². The van der Waals surface area contributed by atoms with E-state index in [0.29, 0.717) is 24.9 Å². The van der Waals surface area contributed by atoms with Crippen LogP contribution in [0.1, 0.15) is 68.4 Å². The van der Waals surface area contributed by atoms with E-state index >= 15 is 0 Å². The van der Waals surface area contributed by atoms with Crippen molar-refractivity contribution in [2.45, 2.75) is 64.0 Å². The summed E-state index contributed by atoms with van der Waals surface area (Å²) in [5.41, 5.74) is 0.103. The Balaban J connectivity index is 1.86. The molecule has 1 saturated heterocycles. The number of carbonyl (C=O) groups excluding carboxylic acids is 2. The number of methoxy groups -OCH3 is 1. The molecule has 1 spiro atoms. The van der Waals surface area contributed by atoms with E-state index in [-0.39, 0.29) is 18.9 Å². The number of alkyl halides is 2. The lowest BCUT2D eigenvalue weighted by Crippen LogP contribution is -2.54. The number of nitrogens with zero attached hydrogens (tertiary/aromatic N) is 1. The van der Waals surface area contributed by atoms with Crippen LogP contribution in [0, 0.1) is 5.41 Å². The predicted octanol–water partition coefficient (Wildman–Crippen LogP) is 4.96. The van der Waals surface area contributed by atoms with Crippen molar-refractivity contribution in [1.82, 2.24) is 4.90 Å². The van der Waals surface area contributed by atoms with Gasteiger partial charge in [0, 0.05) is 19.4 Å². The Bertz CT molecular complexity index is 747. The van der Waals surface area contributed by atoms with Crippen LogP contribution in [0.25, 0.3) is 0 Å². The molecule has 1 heterocycles. The Kier molecular flexibility index (Phi) is 5.15. The first-order valence-electron chi connectivity index (χ1n) is 9.49. The van der Waals surface area contributed by atoms with E-state index in [2.05, 4.69) is 0 Å². The van der Waals surface area contributed by atoms with E-state index < -0.39 is 29.0 Å². The van der Waals surface area contributed by atoms with Gasteiger partial charge >= 0.3 is 12.1 Å². The van der Waals surface area contributed by atoms with Crippen molar-refractivity contribution in [3.63, 3.8) is 0 Å². The van der Waals surface area contributed by atoms with E-state index in [0.717, 1.165) is 5.56 Å². The van der Waals surface area contributed by atoms with Crippen molar-refractivity contribution in [1.29, 1.82) is 0 Å². The summed E-state index contributed by atoms with van der Waals surface area (Å²) in [6, 6.07) is 6.40. The molecule has 5 nitrogen and oxygen atoms in total. The van der Waals surface area contributed by atoms with Gasteiger partial charge in [-0.15, -0.1) is 0 Å². The summed E-state index contributed by atoms with van der Waals surface area (Å²) in [6.07, 6.45) is 0.269. The van der Waals surface area contributed by atoms with E-state index in [1.165, 1.54) is 7.11 Å². The average molecular weight is 395 g/mol. The van der Waals surface area contributed by atoms with Crippen LogP contribution in [0.3, 0.4) is 0 Å². The average Bonchev–Trinajstić information content (AvgIpc) is 2.58. The number of rotatable bonds is 2. The van der Waals surface area contributed by atoms with E-state index in [4.69, 9.17) is 9.47 Å². The summed E-state index contributed by atoms with van der Waals surface area (Å²) >= 11 is 0. The topological polar surface area (TPSA) is 55.8 Å². The lowest BCUT2D eigenvalue weighted by Gasteiger charge is -2.54. The number of carbonyl (C=O) groups is 2. The predicted molar refractivity (Wildman–Crippen MR) is 99.3 cm³/mol. The molecule has 3 rings (SSSR count). The zero-order valence-corrected chi connectivity index (χ0v) is 16.8. The summed E-state index contributed by atoms with van der Waals surface area (Å²) in [5.74, 6) is -3.07. The second-order valence-corrected chi connectivity index (χ2v) is 8.97. The molecule has 154 valence electrons. The molecule has 2 aliphatic rings. The van der Waals surface area contributed by atoms with Gasteiger partial charge in [-0.2, -0.15) is 0 Å². The number of esters is 1. The molecule has 1 aromatic rings. The molecule has 0 N–H and O–H groups in total. The smallest absolute Gasteiger partial charge is 0.410 e. The second-order valence-electron chi connectivity index (χ2n) is 8.97. The second kappa shape index (κ2) is 7.01. The Morgan fingerprint density at radius 3 is 2.25 bits per heavy atom. The summed E-state index contributed by atoms with van der Waals surface area (Å²) < 4.78 is 37.4. The fourth-order valence-electron chi connectivity index (χ4n) is 4.30. The zero-order chi connectivity index (χ0) is 20.7. The minimum atomic E-state index is -2.62. The summed E-state index contributed by atoms with van der Waals surface area (Å²) in [6.45, 7) is 5.75. The molecule has 1 unspecified atom stereocenters. The molecule has 0 radical (unpaired) electrons. The third-order valence-electron chi connectivity index (χ3n) is 5.50. The van der Waals surface area contributed by atoms with Gasteiger partial charge in [0.05, 0.1) is 18.7 Å². The largest absolute Gasteiger partial charge is 0.465 e. The van der Waals surface area contributed by atoms with Gasteiger partial charge in [-0.1, -0.05) is 12.1 Å².